The van der Waals surface area contributed by atoms with Gasteiger partial charge in [-0.3, -0.25) is 9.59 Å². The largest absolute Gasteiger partial charge is 0.496 e. The second-order valence-electron chi connectivity index (χ2n) is 6.72. The summed E-state index contributed by atoms with van der Waals surface area (Å²) in [5.74, 6) is 0.863. The van der Waals surface area contributed by atoms with Crippen molar-refractivity contribution in [3.63, 3.8) is 0 Å². The van der Waals surface area contributed by atoms with Crippen LogP contribution in [-0.2, 0) is 0 Å². The first-order valence-corrected chi connectivity index (χ1v) is 9.09. The van der Waals surface area contributed by atoms with E-state index >= 15 is 0 Å². The van der Waals surface area contributed by atoms with Crippen LogP contribution in [0.4, 0.5) is 0 Å². The fourth-order valence-corrected chi connectivity index (χ4v) is 3.02. The van der Waals surface area contributed by atoms with E-state index < -0.39 is 0 Å². The maximum absolute atomic E-state index is 13.0. The molecule has 0 spiro atoms. The average Bonchev–Trinajstić information content (AvgIpc) is 3.22. The van der Waals surface area contributed by atoms with Crippen molar-refractivity contribution in [2.45, 2.75) is 19.8 Å². The Bertz CT molecular complexity index is 834. The second-order valence-corrected chi connectivity index (χ2v) is 6.72. The normalized spacial score (nSPS) is 14.3. The minimum Gasteiger partial charge on any atom is -0.496 e. The summed E-state index contributed by atoms with van der Waals surface area (Å²) in [6.45, 7) is 5.35. The fourth-order valence-electron chi connectivity index (χ4n) is 3.02. The van der Waals surface area contributed by atoms with Crippen molar-refractivity contribution in [2.24, 2.45) is 0 Å². The van der Waals surface area contributed by atoms with E-state index in [2.05, 4.69) is 10.2 Å². The number of piperazine rings is 1. The number of ether oxygens (including phenoxy) is 2. The Morgan fingerprint density at radius 3 is 1.96 bits per heavy atom. The number of carbonyl (C=O) groups is 2. The van der Waals surface area contributed by atoms with Crippen LogP contribution in [0.2, 0.25) is 0 Å². The van der Waals surface area contributed by atoms with Crippen molar-refractivity contribution in [2.75, 3.05) is 40.4 Å². The summed E-state index contributed by atoms with van der Waals surface area (Å²) in [5.41, 5.74) is 0.380. The van der Waals surface area contributed by atoms with E-state index in [-0.39, 0.29) is 23.6 Å². The van der Waals surface area contributed by atoms with Crippen molar-refractivity contribution in [3.05, 3.63) is 35.5 Å². The molecule has 0 unspecified atom stereocenters. The van der Waals surface area contributed by atoms with Gasteiger partial charge in [-0.25, -0.2) is 0 Å². The van der Waals surface area contributed by atoms with E-state index in [1.165, 1.54) is 14.2 Å². The summed E-state index contributed by atoms with van der Waals surface area (Å²) in [5, 5.41) is 7.73. The highest BCUT2D eigenvalue weighted by atomic mass is 16.5. The van der Waals surface area contributed by atoms with Gasteiger partial charge in [-0.1, -0.05) is 19.9 Å². The van der Waals surface area contributed by atoms with Crippen molar-refractivity contribution in [3.8, 4) is 11.5 Å². The van der Waals surface area contributed by atoms with E-state index in [4.69, 9.17) is 13.9 Å². The highest BCUT2D eigenvalue weighted by Crippen LogP contribution is 2.30. The van der Waals surface area contributed by atoms with Gasteiger partial charge in [0.05, 0.1) is 14.2 Å². The van der Waals surface area contributed by atoms with Gasteiger partial charge in [0.15, 0.2) is 0 Å². The molecule has 0 saturated carbocycles. The first-order chi connectivity index (χ1) is 13.5. The van der Waals surface area contributed by atoms with E-state index in [9.17, 15) is 9.59 Å². The minimum atomic E-state index is -0.318. The summed E-state index contributed by atoms with van der Waals surface area (Å²) < 4.78 is 16.1. The lowest BCUT2D eigenvalue weighted by molar-refractivity contribution is 0.0509. The molecule has 0 bridgehead atoms. The number of nitrogens with zero attached hydrogens (tertiary/aromatic N) is 4. The predicted octanol–water partition coefficient (Wildman–Crippen LogP) is 1.81. The molecule has 1 aliphatic heterocycles. The summed E-state index contributed by atoms with van der Waals surface area (Å²) in [7, 11) is 3.02. The predicted molar refractivity (Wildman–Crippen MR) is 99.7 cm³/mol. The van der Waals surface area contributed by atoms with Crippen LogP contribution < -0.4 is 9.47 Å². The molecule has 0 radical (unpaired) electrons. The zero-order valence-corrected chi connectivity index (χ0v) is 16.5. The molecule has 2 aromatic rings. The third-order valence-electron chi connectivity index (χ3n) is 4.61. The lowest BCUT2D eigenvalue weighted by atomic mass is 10.1. The molecule has 1 aromatic carbocycles. The minimum absolute atomic E-state index is 0.0186. The van der Waals surface area contributed by atoms with Gasteiger partial charge >= 0.3 is 11.8 Å². The zero-order valence-electron chi connectivity index (χ0n) is 16.5. The molecule has 3 rings (SSSR count). The Morgan fingerprint density at radius 1 is 0.964 bits per heavy atom. The molecule has 1 fully saturated rings. The number of methoxy groups -OCH3 is 2. The van der Waals surface area contributed by atoms with Gasteiger partial charge in [-0.15, -0.1) is 10.2 Å². The molecule has 0 N–H and O–H groups in total. The average molecular weight is 388 g/mol. The number of amides is 2. The van der Waals surface area contributed by atoms with Gasteiger partial charge in [-0.2, -0.15) is 0 Å². The fraction of sp³-hybridized carbons (Fsp3) is 0.474. The van der Waals surface area contributed by atoms with Crippen molar-refractivity contribution >= 4 is 11.8 Å². The summed E-state index contributed by atoms with van der Waals surface area (Å²) in [6, 6.07) is 5.20. The van der Waals surface area contributed by atoms with Gasteiger partial charge in [0.1, 0.15) is 17.1 Å². The number of benzene rings is 1. The Hall–Kier alpha value is -3.10. The first-order valence-electron chi connectivity index (χ1n) is 9.09. The molecule has 9 nitrogen and oxygen atoms in total. The molecular formula is C19H24N4O5. The quantitative estimate of drug-likeness (QED) is 0.770. The standard InChI is InChI=1S/C19H24N4O5/c1-12(2)16-20-21-17(28-16)19(25)23-10-8-22(9-11-23)18(24)15-13(26-3)6-5-7-14(15)27-4/h5-7,12H,8-11H2,1-4H3. The smallest absolute Gasteiger partial charge is 0.311 e. The van der Waals surface area contributed by atoms with E-state index in [1.54, 1.807) is 28.0 Å². The zero-order chi connectivity index (χ0) is 20.3. The van der Waals surface area contributed by atoms with Gasteiger partial charge in [0.25, 0.3) is 5.91 Å². The number of hydrogen-bond acceptors (Lipinski definition) is 7. The second kappa shape index (κ2) is 8.28. The van der Waals surface area contributed by atoms with Crippen LogP contribution in [0.25, 0.3) is 0 Å². The Labute approximate surface area is 163 Å². The van der Waals surface area contributed by atoms with Crippen LogP contribution >= 0.6 is 0 Å². The molecule has 9 heteroatoms. The van der Waals surface area contributed by atoms with Crippen molar-refractivity contribution in [1.29, 1.82) is 0 Å². The molecule has 1 aromatic heterocycles. The Balaban J connectivity index is 1.68. The molecule has 1 aliphatic rings. The van der Waals surface area contributed by atoms with Crippen molar-refractivity contribution < 1.29 is 23.5 Å². The monoisotopic (exact) mass is 388 g/mol. The van der Waals surface area contributed by atoms with Crippen molar-refractivity contribution in [1.82, 2.24) is 20.0 Å². The number of carbonyl (C=O) groups excluding carboxylic acids is 2. The number of hydrogen-bond donors (Lipinski definition) is 0. The molecule has 28 heavy (non-hydrogen) atoms. The third kappa shape index (κ3) is 3.78. The molecule has 2 heterocycles. The summed E-state index contributed by atoms with van der Waals surface area (Å²) in [4.78, 5) is 28.9. The molecule has 150 valence electrons. The summed E-state index contributed by atoms with van der Waals surface area (Å²) >= 11 is 0. The maximum atomic E-state index is 13.0. The van der Waals surface area contributed by atoms with Crippen LogP contribution in [0.1, 0.15) is 46.7 Å². The van der Waals surface area contributed by atoms with E-state index in [1.807, 2.05) is 13.8 Å². The summed E-state index contributed by atoms with van der Waals surface area (Å²) in [6.07, 6.45) is 0. The van der Waals surface area contributed by atoms with Crippen LogP contribution in [0.15, 0.2) is 22.6 Å². The Morgan fingerprint density at radius 2 is 1.50 bits per heavy atom. The molecule has 2 amide bonds. The lowest BCUT2D eigenvalue weighted by Crippen LogP contribution is -2.50. The highest BCUT2D eigenvalue weighted by molar-refractivity contribution is 6.00. The van der Waals surface area contributed by atoms with E-state index in [0.29, 0.717) is 49.1 Å². The van der Waals surface area contributed by atoms with Gasteiger partial charge in [0.2, 0.25) is 5.89 Å². The Kier molecular flexibility index (Phi) is 5.81. The highest BCUT2D eigenvalue weighted by Gasteiger charge is 2.30. The van der Waals surface area contributed by atoms with Crippen LogP contribution in [0, 0.1) is 0 Å². The SMILES string of the molecule is COc1cccc(OC)c1C(=O)N1CCN(C(=O)c2nnc(C(C)C)o2)CC1. The van der Waals surface area contributed by atoms with Gasteiger partial charge in [-0.05, 0) is 12.1 Å². The number of aromatic nitrogens is 2. The first kappa shape index (κ1) is 19.7. The van der Waals surface area contributed by atoms with Crippen LogP contribution in [-0.4, -0.2) is 72.2 Å². The maximum Gasteiger partial charge on any atom is 0.311 e. The number of rotatable bonds is 5. The van der Waals surface area contributed by atoms with Crippen LogP contribution in [0.3, 0.4) is 0 Å². The van der Waals surface area contributed by atoms with E-state index in [0.717, 1.165) is 0 Å². The van der Waals surface area contributed by atoms with Gasteiger partial charge in [0, 0.05) is 32.1 Å². The molecule has 0 aliphatic carbocycles. The molecule has 1 saturated heterocycles. The molecular weight excluding hydrogens is 364 g/mol. The van der Waals surface area contributed by atoms with Gasteiger partial charge < -0.3 is 23.7 Å². The van der Waals surface area contributed by atoms with Crippen LogP contribution in [0.5, 0.6) is 11.5 Å². The topological polar surface area (TPSA) is 98.0 Å². The lowest BCUT2D eigenvalue weighted by Gasteiger charge is -2.34. The third-order valence-corrected chi connectivity index (χ3v) is 4.61. The molecule has 0 atom stereocenters.